The highest BCUT2D eigenvalue weighted by Crippen LogP contribution is 2.30. The van der Waals surface area contributed by atoms with Gasteiger partial charge in [-0.05, 0) is 43.4 Å². The van der Waals surface area contributed by atoms with E-state index in [1.165, 1.54) is 48.3 Å². The van der Waals surface area contributed by atoms with Gasteiger partial charge in [0.05, 0.1) is 0 Å². The van der Waals surface area contributed by atoms with Crippen molar-refractivity contribution in [2.45, 2.75) is 33.1 Å². The Morgan fingerprint density at radius 3 is 2.56 bits per heavy atom. The van der Waals surface area contributed by atoms with Crippen molar-refractivity contribution >= 4 is 11.3 Å². The Morgan fingerprint density at radius 1 is 1.31 bits per heavy atom. The van der Waals surface area contributed by atoms with Gasteiger partial charge in [0.2, 0.25) is 0 Å². The van der Waals surface area contributed by atoms with E-state index in [0.29, 0.717) is 0 Å². The molecule has 1 aromatic carbocycles. The molecule has 1 aliphatic rings. The Labute approximate surface area is 98.8 Å². The normalized spacial score (nSPS) is 15.5. The van der Waals surface area contributed by atoms with Crippen molar-refractivity contribution in [1.82, 2.24) is 0 Å². The first-order valence-corrected chi connectivity index (χ1v) is 6.26. The van der Waals surface area contributed by atoms with Crippen LogP contribution in [0.4, 0.5) is 5.69 Å². The number of allylic oxidation sites excluding steroid dienone is 1. The van der Waals surface area contributed by atoms with E-state index in [1.54, 1.807) is 0 Å². The van der Waals surface area contributed by atoms with Crippen molar-refractivity contribution in [2.24, 2.45) is 0 Å². The van der Waals surface area contributed by atoms with Crippen molar-refractivity contribution in [3.63, 3.8) is 0 Å². The van der Waals surface area contributed by atoms with E-state index >= 15 is 0 Å². The van der Waals surface area contributed by atoms with Crippen molar-refractivity contribution in [1.29, 1.82) is 0 Å². The molecule has 86 valence electrons. The van der Waals surface area contributed by atoms with Crippen LogP contribution in [0.25, 0.3) is 5.57 Å². The first-order valence-electron chi connectivity index (χ1n) is 6.26. The molecule has 16 heavy (non-hydrogen) atoms. The molecule has 2 rings (SSSR count). The lowest BCUT2D eigenvalue weighted by Gasteiger charge is -2.23. The van der Waals surface area contributed by atoms with Gasteiger partial charge in [0.25, 0.3) is 0 Å². The third-order valence-corrected chi connectivity index (χ3v) is 3.41. The van der Waals surface area contributed by atoms with Crippen LogP contribution < -0.4 is 4.90 Å². The summed E-state index contributed by atoms with van der Waals surface area (Å²) in [6, 6.07) is 6.62. The Kier molecular flexibility index (Phi) is 3.33. The number of nitrogens with zero attached hydrogens (tertiary/aromatic N) is 1. The molecule has 1 nitrogen and oxygen atoms in total. The third kappa shape index (κ3) is 1.99. The summed E-state index contributed by atoms with van der Waals surface area (Å²) in [7, 11) is 0. The summed E-state index contributed by atoms with van der Waals surface area (Å²) in [6.45, 7) is 10.8. The van der Waals surface area contributed by atoms with Gasteiger partial charge in [-0.3, -0.25) is 0 Å². The molecule has 0 atom stereocenters. The Bertz CT molecular complexity index is 386. The minimum Gasteiger partial charge on any atom is -0.371 e. The van der Waals surface area contributed by atoms with Crippen LogP contribution in [0, 0.1) is 0 Å². The molecule has 1 aliphatic heterocycles. The zero-order chi connectivity index (χ0) is 11.5. The van der Waals surface area contributed by atoms with Crippen LogP contribution in [0.15, 0.2) is 24.8 Å². The predicted molar refractivity (Wildman–Crippen MR) is 72.0 cm³/mol. The molecule has 0 aromatic heterocycles. The van der Waals surface area contributed by atoms with E-state index in [2.05, 4.69) is 43.5 Å². The van der Waals surface area contributed by atoms with E-state index in [4.69, 9.17) is 0 Å². The number of hydrogen-bond acceptors (Lipinski definition) is 1. The molecule has 0 spiro atoms. The van der Waals surface area contributed by atoms with Gasteiger partial charge in [-0.15, -0.1) is 0 Å². The van der Waals surface area contributed by atoms with Gasteiger partial charge in [-0.1, -0.05) is 31.2 Å². The van der Waals surface area contributed by atoms with E-state index in [0.717, 1.165) is 6.42 Å². The summed E-state index contributed by atoms with van der Waals surface area (Å²) in [5.74, 6) is 0. The Morgan fingerprint density at radius 2 is 2.00 bits per heavy atom. The summed E-state index contributed by atoms with van der Waals surface area (Å²) >= 11 is 0. The molecule has 0 aliphatic carbocycles. The molecule has 1 heteroatoms. The minimum atomic E-state index is 1.09. The molecular weight excluding hydrogens is 194 g/mol. The lowest BCUT2D eigenvalue weighted by Crippen LogP contribution is -2.19. The third-order valence-electron chi connectivity index (χ3n) is 3.41. The molecular formula is C15H21N. The molecule has 1 aromatic rings. The van der Waals surface area contributed by atoms with Gasteiger partial charge < -0.3 is 4.90 Å². The quantitative estimate of drug-likeness (QED) is 0.739. The van der Waals surface area contributed by atoms with Crippen LogP contribution in [0.3, 0.4) is 0 Å². The summed E-state index contributed by atoms with van der Waals surface area (Å²) in [5, 5.41) is 0. The van der Waals surface area contributed by atoms with Crippen molar-refractivity contribution in [3.05, 3.63) is 35.9 Å². The minimum absolute atomic E-state index is 1.09. The monoisotopic (exact) mass is 215 g/mol. The first kappa shape index (κ1) is 11.3. The maximum absolute atomic E-state index is 4.08. The maximum atomic E-state index is 4.08. The molecule has 1 fully saturated rings. The van der Waals surface area contributed by atoms with Gasteiger partial charge >= 0.3 is 0 Å². The zero-order valence-electron chi connectivity index (χ0n) is 10.4. The Balaban J connectivity index is 2.43. The fourth-order valence-corrected chi connectivity index (χ4v) is 2.60. The number of anilines is 1. The number of hydrogen-bond donors (Lipinski definition) is 0. The fourth-order valence-electron chi connectivity index (χ4n) is 2.60. The topological polar surface area (TPSA) is 3.24 Å². The van der Waals surface area contributed by atoms with Crippen LogP contribution >= 0.6 is 0 Å². The average Bonchev–Trinajstić information content (AvgIpc) is 2.81. The lowest BCUT2D eigenvalue weighted by molar-refractivity contribution is 0.946. The van der Waals surface area contributed by atoms with Crippen LogP contribution in [-0.2, 0) is 6.42 Å². The van der Waals surface area contributed by atoms with Gasteiger partial charge in [0.15, 0.2) is 0 Å². The summed E-state index contributed by atoms with van der Waals surface area (Å²) in [6.07, 6.45) is 3.76. The van der Waals surface area contributed by atoms with Gasteiger partial charge in [-0.25, -0.2) is 0 Å². The van der Waals surface area contributed by atoms with Gasteiger partial charge in [-0.2, -0.15) is 0 Å². The van der Waals surface area contributed by atoms with Crippen LogP contribution in [0.1, 0.15) is 37.8 Å². The summed E-state index contributed by atoms with van der Waals surface area (Å²) < 4.78 is 0. The second-order valence-electron chi connectivity index (χ2n) is 4.63. The molecule has 1 heterocycles. The zero-order valence-corrected chi connectivity index (χ0v) is 10.4. The first-order chi connectivity index (χ1) is 7.74. The lowest BCUT2D eigenvalue weighted by atomic mass is 9.97. The summed E-state index contributed by atoms with van der Waals surface area (Å²) in [4.78, 5) is 2.52. The predicted octanol–water partition coefficient (Wildman–Crippen LogP) is 3.88. The molecule has 0 bridgehead atoms. The molecule has 0 N–H and O–H groups in total. The standard InChI is InChI=1S/C15H21N/c1-4-13-14(12(2)3)8-7-9-15(13)16-10-5-6-11-16/h7-9H,2,4-6,10-11H2,1,3H3. The van der Waals surface area contributed by atoms with Gasteiger partial charge in [0.1, 0.15) is 0 Å². The number of benzene rings is 1. The van der Waals surface area contributed by atoms with E-state index in [1.807, 2.05) is 0 Å². The number of rotatable bonds is 3. The van der Waals surface area contributed by atoms with E-state index < -0.39 is 0 Å². The highest BCUT2D eigenvalue weighted by atomic mass is 15.1. The summed E-state index contributed by atoms with van der Waals surface area (Å²) in [5.41, 5.74) is 5.42. The largest absolute Gasteiger partial charge is 0.371 e. The Hall–Kier alpha value is -1.24. The van der Waals surface area contributed by atoms with Crippen LogP contribution in [0.2, 0.25) is 0 Å². The van der Waals surface area contributed by atoms with Crippen molar-refractivity contribution in [2.75, 3.05) is 18.0 Å². The van der Waals surface area contributed by atoms with E-state index in [9.17, 15) is 0 Å². The van der Waals surface area contributed by atoms with E-state index in [-0.39, 0.29) is 0 Å². The highest BCUT2D eigenvalue weighted by Gasteiger charge is 2.16. The van der Waals surface area contributed by atoms with Crippen molar-refractivity contribution < 1.29 is 0 Å². The van der Waals surface area contributed by atoms with Crippen molar-refractivity contribution in [3.8, 4) is 0 Å². The smallest absolute Gasteiger partial charge is 0.0404 e. The molecule has 0 unspecified atom stereocenters. The SMILES string of the molecule is C=C(C)c1cccc(N2CCCC2)c1CC. The fraction of sp³-hybridized carbons (Fsp3) is 0.467. The average molecular weight is 215 g/mol. The molecule has 0 saturated carbocycles. The molecule has 1 saturated heterocycles. The molecule has 0 amide bonds. The van der Waals surface area contributed by atoms with Gasteiger partial charge in [0, 0.05) is 18.8 Å². The maximum Gasteiger partial charge on any atom is 0.0404 e. The second-order valence-corrected chi connectivity index (χ2v) is 4.63. The second kappa shape index (κ2) is 4.73. The molecule has 0 radical (unpaired) electrons. The van der Waals surface area contributed by atoms with Crippen LogP contribution in [0.5, 0.6) is 0 Å². The highest BCUT2D eigenvalue weighted by molar-refractivity contribution is 5.71. The van der Waals surface area contributed by atoms with Crippen LogP contribution in [-0.4, -0.2) is 13.1 Å².